The van der Waals surface area contributed by atoms with Gasteiger partial charge in [-0.2, -0.15) is 4.98 Å². The van der Waals surface area contributed by atoms with Crippen molar-refractivity contribution in [2.45, 2.75) is 12.5 Å². The van der Waals surface area contributed by atoms with Gasteiger partial charge in [0.15, 0.2) is 17.0 Å². The highest BCUT2D eigenvalue weighted by atomic mass is 35.5. The van der Waals surface area contributed by atoms with Crippen molar-refractivity contribution in [2.24, 2.45) is 18.9 Å². The summed E-state index contributed by atoms with van der Waals surface area (Å²) < 4.78 is 22.6. The number of piperidine rings is 1. The molecule has 0 N–H and O–H groups in total. The van der Waals surface area contributed by atoms with Gasteiger partial charge < -0.3 is 14.0 Å². The fourth-order valence-corrected chi connectivity index (χ4v) is 4.80. The molecule has 4 aromatic rings. The molecule has 3 atom stereocenters. The summed E-state index contributed by atoms with van der Waals surface area (Å²) in [5.74, 6) is 1.60. The lowest BCUT2D eigenvalue weighted by atomic mass is 10.2. The molecule has 1 aliphatic heterocycles. The molecular formula is C20H17ClFN7O2. The molecule has 0 bridgehead atoms. The lowest BCUT2D eigenvalue weighted by Gasteiger charge is -2.22. The zero-order valence-corrected chi connectivity index (χ0v) is 17.2. The van der Waals surface area contributed by atoms with Crippen LogP contribution in [0.5, 0.6) is 0 Å². The molecule has 1 aliphatic carbocycles. The molecule has 11 heteroatoms. The van der Waals surface area contributed by atoms with Crippen molar-refractivity contribution < 1.29 is 8.91 Å². The lowest BCUT2D eigenvalue weighted by Crippen LogP contribution is -2.24. The molecule has 0 spiro atoms. The van der Waals surface area contributed by atoms with Gasteiger partial charge in [-0.05, 0) is 30.0 Å². The average Bonchev–Trinajstić information content (AvgIpc) is 3.18. The molecule has 0 radical (unpaired) electrons. The van der Waals surface area contributed by atoms with Crippen molar-refractivity contribution in [3.63, 3.8) is 0 Å². The summed E-state index contributed by atoms with van der Waals surface area (Å²) in [6.07, 6.45) is 2.99. The number of aromatic nitrogens is 6. The number of nitrogens with zero attached hydrogens (tertiary/aromatic N) is 7. The minimum Gasteiger partial charge on any atom is -0.369 e. The van der Waals surface area contributed by atoms with Gasteiger partial charge in [0, 0.05) is 31.1 Å². The van der Waals surface area contributed by atoms with E-state index in [1.54, 1.807) is 30.1 Å². The third kappa shape index (κ3) is 2.93. The second-order valence-electron chi connectivity index (χ2n) is 8.11. The number of fused-ring (bicyclic) bond motifs is 2. The molecule has 6 rings (SSSR count). The Labute approximate surface area is 180 Å². The summed E-state index contributed by atoms with van der Waals surface area (Å²) in [6.45, 7) is 1.58. The Balaban J connectivity index is 1.17. The standard InChI is InChI=1S/C20H17ClFN7O2/c1-27-8-23-19-17(27)20(30)29(9-24-19)7-15-25-18(26-31-15)16-11-5-28(6-12(11)16)14-4-10(21)2-3-13(14)22/h2-4,8-9,11-12,16H,5-7H2,1H3/t11-,12?,16?/m0/s1. The number of benzene rings is 1. The third-order valence-electron chi connectivity index (χ3n) is 6.23. The van der Waals surface area contributed by atoms with Crippen LogP contribution >= 0.6 is 11.6 Å². The van der Waals surface area contributed by atoms with Crippen LogP contribution in [0.4, 0.5) is 10.1 Å². The van der Waals surface area contributed by atoms with Crippen LogP contribution in [0.15, 0.2) is 40.2 Å². The summed E-state index contributed by atoms with van der Waals surface area (Å²) in [4.78, 5) is 27.5. The van der Waals surface area contributed by atoms with Gasteiger partial charge in [-0.3, -0.25) is 9.36 Å². The van der Waals surface area contributed by atoms with Crippen molar-refractivity contribution >= 4 is 28.5 Å². The van der Waals surface area contributed by atoms with E-state index in [1.165, 1.54) is 17.0 Å². The maximum atomic E-state index is 14.1. The molecule has 158 valence electrons. The Morgan fingerprint density at radius 1 is 1.23 bits per heavy atom. The summed E-state index contributed by atoms with van der Waals surface area (Å²) >= 11 is 6.02. The van der Waals surface area contributed by atoms with Gasteiger partial charge in [0.2, 0.25) is 5.89 Å². The Kier molecular flexibility index (Phi) is 3.95. The Morgan fingerprint density at radius 2 is 2.00 bits per heavy atom. The zero-order valence-electron chi connectivity index (χ0n) is 16.4. The molecule has 1 saturated heterocycles. The molecule has 0 amide bonds. The molecular weight excluding hydrogens is 425 g/mol. The molecule has 4 heterocycles. The topological polar surface area (TPSA) is 94.9 Å². The SMILES string of the molecule is Cn1cnc2ncn(Cc3nc(C4C5CN(c6cc(Cl)ccc6F)C[C@@H]54)no3)c(=O)c21. The van der Waals surface area contributed by atoms with Crippen LogP contribution in [0, 0.1) is 17.7 Å². The summed E-state index contributed by atoms with van der Waals surface area (Å²) in [5, 5.41) is 4.65. The third-order valence-corrected chi connectivity index (χ3v) is 6.47. The second-order valence-corrected chi connectivity index (χ2v) is 8.54. The van der Waals surface area contributed by atoms with Crippen LogP contribution < -0.4 is 10.5 Å². The fourth-order valence-electron chi connectivity index (χ4n) is 4.63. The number of rotatable bonds is 4. The summed E-state index contributed by atoms with van der Waals surface area (Å²) in [5.41, 5.74) is 1.14. The van der Waals surface area contributed by atoms with E-state index in [4.69, 9.17) is 16.1 Å². The number of halogens is 2. The van der Waals surface area contributed by atoms with Crippen molar-refractivity contribution in [1.29, 1.82) is 0 Å². The van der Waals surface area contributed by atoms with Crippen LogP contribution in [0.1, 0.15) is 17.6 Å². The van der Waals surface area contributed by atoms with Crippen LogP contribution in [0.3, 0.4) is 0 Å². The van der Waals surface area contributed by atoms with Gasteiger partial charge >= 0.3 is 0 Å². The van der Waals surface area contributed by atoms with Gasteiger partial charge in [0.05, 0.1) is 12.0 Å². The highest BCUT2D eigenvalue weighted by Crippen LogP contribution is 2.58. The number of aryl methyl sites for hydroxylation is 1. The summed E-state index contributed by atoms with van der Waals surface area (Å²) in [7, 11) is 1.75. The van der Waals surface area contributed by atoms with E-state index >= 15 is 0 Å². The first-order valence-electron chi connectivity index (χ1n) is 9.88. The molecule has 2 fully saturated rings. The number of hydrogen-bond acceptors (Lipinski definition) is 7. The van der Waals surface area contributed by atoms with E-state index in [0.717, 1.165) is 13.1 Å². The van der Waals surface area contributed by atoms with E-state index in [-0.39, 0.29) is 23.8 Å². The normalized spacial score (nSPS) is 22.3. The molecule has 3 aromatic heterocycles. The van der Waals surface area contributed by atoms with E-state index < -0.39 is 0 Å². The van der Waals surface area contributed by atoms with E-state index in [1.807, 2.05) is 4.90 Å². The Morgan fingerprint density at radius 3 is 2.81 bits per heavy atom. The van der Waals surface area contributed by atoms with E-state index in [2.05, 4.69) is 20.1 Å². The van der Waals surface area contributed by atoms with Crippen LogP contribution in [-0.2, 0) is 13.6 Å². The molecule has 9 nitrogen and oxygen atoms in total. The lowest BCUT2D eigenvalue weighted by molar-refractivity contribution is 0.363. The fraction of sp³-hybridized carbons (Fsp3) is 0.350. The van der Waals surface area contributed by atoms with Crippen molar-refractivity contribution in [3.05, 3.63) is 63.8 Å². The Bertz CT molecular complexity index is 1370. The Hall–Kier alpha value is -3.27. The largest absolute Gasteiger partial charge is 0.369 e. The number of anilines is 1. The van der Waals surface area contributed by atoms with E-state index in [9.17, 15) is 9.18 Å². The maximum absolute atomic E-state index is 14.1. The maximum Gasteiger partial charge on any atom is 0.280 e. The van der Waals surface area contributed by atoms with Crippen LogP contribution in [0.2, 0.25) is 5.02 Å². The van der Waals surface area contributed by atoms with Gasteiger partial charge in [-0.1, -0.05) is 16.8 Å². The second kappa shape index (κ2) is 6.61. The first-order chi connectivity index (χ1) is 15.0. The minimum atomic E-state index is -0.270. The van der Waals surface area contributed by atoms with Crippen LogP contribution in [0.25, 0.3) is 11.2 Å². The average molecular weight is 442 g/mol. The van der Waals surface area contributed by atoms with Crippen molar-refractivity contribution in [1.82, 2.24) is 29.2 Å². The molecule has 2 aliphatic rings. The monoisotopic (exact) mass is 441 g/mol. The molecule has 31 heavy (non-hydrogen) atoms. The smallest absolute Gasteiger partial charge is 0.280 e. The van der Waals surface area contributed by atoms with Crippen molar-refractivity contribution in [2.75, 3.05) is 18.0 Å². The predicted molar refractivity (Wildman–Crippen MR) is 110 cm³/mol. The molecule has 1 saturated carbocycles. The van der Waals surface area contributed by atoms with Gasteiger partial charge in [-0.25, -0.2) is 14.4 Å². The first-order valence-corrected chi connectivity index (χ1v) is 10.3. The first kappa shape index (κ1) is 18.5. The van der Waals surface area contributed by atoms with E-state index in [0.29, 0.717) is 45.4 Å². The number of imidazole rings is 1. The molecule has 2 unspecified atom stereocenters. The highest BCUT2D eigenvalue weighted by Gasteiger charge is 2.58. The highest BCUT2D eigenvalue weighted by molar-refractivity contribution is 6.30. The minimum absolute atomic E-state index is 0.141. The van der Waals surface area contributed by atoms with Crippen LogP contribution in [-0.4, -0.2) is 42.3 Å². The predicted octanol–water partition coefficient (Wildman–Crippen LogP) is 2.20. The zero-order chi connectivity index (χ0) is 21.3. The quantitative estimate of drug-likeness (QED) is 0.479. The van der Waals surface area contributed by atoms with Gasteiger partial charge in [0.1, 0.15) is 18.7 Å². The van der Waals surface area contributed by atoms with Crippen molar-refractivity contribution in [3.8, 4) is 0 Å². The molecule has 1 aromatic carbocycles. The number of hydrogen-bond donors (Lipinski definition) is 0. The van der Waals surface area contributed by atoms with Gasteiger partial charge in [0.25, 0.3) is 5.56 Å². The summed E-state index contributed by atoms with van der Waals surface area (Å²) in [6, 6.07) is 4.60. The van der Waals surface area contributed by atoms with Gasteiger partial charge in [-0.15, -0.1) is 0 Å².